The van der Waals surface area contributed by atoms with Gasteiger partial charge in [0.1, 0.15) is 5.25 Å². The van der Waals surface area contributed by atoms with Gasteiger partial charge in [0.15, 0.2) is 0 Å². The summed E-state index contributed by atoms with van der Waals surface area (Å²) >= 11 is 2.55. The standard InChI is InChI=1S/C24H19N3O3S2/c1-26-12-15(14-9-5-6-10-16(14)26)17-18-19(22(29)25-21(18)28)31-23-20(17)32-24(30)27(23)11-13-7-3-2-4-8-13/h2-10,12,17-19H,11H2,1H3,(H,25,28,29)/t17-,18+,19-/m1/s1. The summed E-state index contributed by atoms with van der Waals surface area (Å²) in [7, 11) is 1.98. The number of imide groups is 1. The summed E-state index contributed by atoms with van der Waals surface area (Å²) < 4.78 is 3.80. The molecule has 2 aromatic carbocycles. The highest BCUT2D eigenvalue weighted by Gasteiger charge is 2.53. The number of aryl methyl sites for hydroxylation is 1. The number of carbonyl (C=O) groups is 2. The van der Waals surface area contributed by atoms with Gasteiger partial charge in [0.2, 0.25) is 11.8 Å². The molecule has 1 N–H and O–H groups in total. The number of thiazole rings is 1. The maximum absolute atomic E-state index is 13.1. The highest BCUT2D eigenvalue weighted by atomic mass is 32.2. The lowest BCUT2D eigenvalue weighted by Gasteiger charge is -2.30. The van der Waals surface area contributed by atoms with Crippen molar-refractivity contribution in [3.63, 3.8) is 0 Å². The Kier molecular flexibility index (Phi) is 4.41. The molecule has 4 aromatic rings. The van der Waals surface area contributed by atoms with Crippen LogP contribution in [0.2, 0.25) is 0 Å². The molecule has 2 aliphatic heterocycles. The van der Waals surface area contributed by atoms with Crippen molar-refractivity contribution in [3.8, 4) is 0 Å². The van der Waals surface area contributed by atoms with Gasteiger partial charge in [-0.25, -0.2) is 0 Å². The fourth-order valence-corrected chi connectivity index (χ4v) is 7.63. The van der Waals surface area contributed by atoms with Crippen LogP contribution in [-0.2, 0) is 23.2 Å². The molecule has 0 aliphatic carbocycles. The number of carbonyl (C=O) groups excluding carboxylic acids is 2. The molecule has 32 heavy (non-hydrogen) atoms. The number of benzene rings is 2. The van der Waals surface area contributed by atoms with E-state index in [2.05, 4.69) is 5.32 Å². The number of hydrogen-bond acceptors (Lipinski definition) is 5. The van der Waals surface area contributed by atoms with Gasteiger partial charge in [-0.05, 0) is 17.2 Å². The average Bonchev–Trinajstić information content (AvgIpc) is 3.39. The molecular formula is C24H19N3O3S2. The van der Waals surface area contributed by atoms with Crippen LogP contribution in [0.25, 0.3) is 10.9 Å². The van der Waals surface area contributed by atoms with Gasteiger partial charge in [0.25, 0.3) is 0 Å². The van der Waals surface area contributed by atoms with Crippen molar-refractivity contribution in [3.05, 3.63) is 86.5 Å². The molecule has 0 spiro atoms. The van der Waals surface area contributed by atoms with E-state index in [0.29, 0.717) is 6.54 Å². The predicted molar refractivity (Wildman–Crippen MR) is 125 cm³/mol. The normalized spacial score (nSPS) is 22.1. The van der Waals surface area contributed by atoms with Crippen molar-refractivity contribution in [1.29, 1.82) is 0 Å². The lowest BCUT2D eigenvalue weighted by Crippen LogP contribution is -2.32. The van der Waals surface area contributed by atoms with Crippen LogP contribution < -0.4 is 10.2 Å². The number of thioether (sulfide) groups is 1. The smallest absolute Gasteiger partial charge is 0.308 e. The fraction of sp³-hybridized carbons (Fsp3) is 0.208. The molecule has 2 aromatic heterocycles. The summed E-state index contributed by atoms with van der Waals surface area (Å²) in [5.74, 6) is -1.41. The Morgan fingerprint density at radius 3 is 2.53 bits per heavy atom. The van der Waals surface area contributed by atoms with E-state index >= 15 is 0 Å². The summed E-state index contributed by atoms with van der Waals surface area (Å²) in [6, 6.07) is 17.9. The molecule has 3 atom stereocenters. The number of aromatic nitrogens is 2. The molecule has 4 heterocycles. The Bertz CT molecular complexity index is 1450. The van der Waals surface area contributed by atoms with Crippen LogP contribution in [0.1, 0.15) is 21.9 Å². The van der Waals surface area contributed by atoms with Gasteiger partial charge in [-0.3, -0.25) is 24.3 Å². The van der Waals surface area contributed by atoms with Crippen LogP contribution in [0.15, 0.2) is 70.6 Å². The van der Waals surface area contributed by atoms with Gasteiger partial charge in [-0.15, -0.1) is 0 Å². The first-order valence-electron chi connectivity index (χ1n) is 10.4. The van der Waals surface area contributed by atoms with E-state index in [1.165, 1.54) is 23.1 Å². The molecule has 0 saturated carbocycles. The average molecular weight is 462 g/mol. The van der Waals surface area contributed by atoms with Gasteiger partial charge in [0, 0.05) is 34.9 Å². The third kappa shape index (κ3) is 2.83. The van der Waals surface area contributed by atoms with Crippen molar-refractivity contribution in [1.82, 2.24) is 14.5 Å². The van der Waals surface area contributed by atoms with Crippen LogP contribution in [-0.4, -0.2) is 26.2 Å². The molecule has 6 rings (SSSR count). The zero-order valence-electron chi connectivity index (χ0n) is 17.1. The Morgan fingerprint density at radius 1 is 0.969 bits per heavy atom. The van der Waals surface area contributed by atoms with E-state index in [0.717, 1.165) is 31.9 Å². The number of nitrogens with zero attached hydrogens (tertiary/aromatic N) is 2. The quantitative estimate of drug-likeness (QED) is 0.475. The molecule has 0 radical (unpaired) electrons. The fourth-order valence-electron chi connectivity index (χ4n) is 4.90. The van der Waals surface area contributed by atoms with Gasteiger partial charge in [0.05, 0.1) is 17.5 Å². The lowest BCUT2D eigenvalue weighted by atomic mass is 9.83. The molecule has 0 unspecified atom stereocenters. The molecule has 160 valence electrons. The second-order valence-electron chi connectivity index (χ2n) is 8.22. The maximum atomic E-state index is 13.1. The van der Waals surface area contributed by atoms with Crippen molar-refractivity contribution in [2.75, 3.05) is 0 Å². The highest BCUT2D eigenvalue weighted by Crippen LogP contribution is 2.52. The summed E-state index contributed by atoms with van der Waals surface area (Å²) in [6.07, 6.45) is 2.04. The number of amides is 2. The van der Waals surface area contributed by atoms with Crippen molar-refractivity contribution in [2.45, 2.75) is 22.7 Å². The minimum Gasteiger partial charge on any atom is -0.350 e. The SMILES string of the molecule is Cn1cc([C@H]2c3sc(=O)n(Cc4ccccc4)c3S[C@H]3C(=O)NC(=O)[C@@H]23)c2ccccc21. The Hall–Kier alpha value is -3.10. The number of hydrogen-bond donors (Lipinski definition) is 1. The van der Waals surface area contributed by atoms with Crippen LogP contribution >= 0.6 is 23.1 Å². The molecule has 1 fully saturated rings. The minimum absolute atomic E-state index is 0.0654. The molecule has 0 bridgehead atoms. The first-order chi connectivity index (χ1) is 15.5. The summed E-state index contributed by atoms with van der Waals surface area (Å²) in [5, 5.41) is 3.83. The summed E-state index contributed by atoms with van der Waals surface area (Å²) in [4.78, 5) is 39.5. The van der Waals surface area contributed by atoms with Crippen LogP contribution in [0, 0.1) is 5.92 Å². The highest BCUT2D eigenvalue weighted by molar-refractivity contribution is 8.00. The number of rotatable bonds is 3. The molecule has 6 nitrogen and oxygen atoms in total. The van der Waals surface area contributed by atoms with Crippen LogP contribution in [0.3, 0.4) is 0 Å². The molecular weight excluding hydrogens is 442 g/mol. The summed E-state index contributed by atoms with van der Waals surface area (Å²) in [6.45, 7) is 0.438. The number of nitrogens with one attached hydrogen (secondary N) is 1. The number of para-hydroxylation sites is 1. The number of fused-ring (bicyclic) bond motifs is 3. The predicted octanol–water partition coefficient (Wildman–Crippen LogP) is 3.33. The van der Waals surface area contributed by atoms with Gasteiger partial charge in [-0.1, -0.05) is 71.6 Å². The molecule has 2 aliphatic rings. The van der Waals surface area contributed by atoms with Gasteiger partial charge < -0.3 is 4.57 Å². The third-order valence-corrected chi connectivity index (χ3v) is 8.95. The van der Waals surface area contributed by atoms with Gasteiger partial charge in [-0.2, -0.15) is 0 Å². The monoisotopic (exact) mass is 461 g/mol. The van der Waals surface area contributed by atoms with Crippen molar-refractivity contribution in [2.24, 2.45) is 13.0 Å². The van der Waals surface area contributed by atoms with Crippen molar-refractivity contribution >= 4 is 45.8 Å². The largest absolute Gasteiger partial charge is 0.350 e. The zero-order valence-corrected chi connectivity index (χ0v) is 18.8. The zero-order chi connectivity index (χ0) is 22.0. The topological polar surface area (TPSA) is 73.1 Å². The second kappa shape index (κ2) is 7.21. The first kappa shape index (κ1) is 19.6. The van der Waals surface area contributed by atoms with E-state index in [4.69, 9.17) is 0 Å². The van der Waals surface area contributed by atoms with Crippen LogP contribution in [0.5, 0.6) is 0 Å². The Labute approximate surface area is 191 Å². The molecule has 1 saturated heterocycles. The maximum Gasteiger partial charge on any atom is 0.308 e. The minimum atomic E-state index is -0.546. The Balaban J connectivity index is 1.58. The first-order valence-corrected chi connectivity index (χ1v) is 12.1. The van der Waals surface area contributed by atoms with Crippen molar-refractivity contribution < 1.29 is 9.59 Å². The lowest BCUT2D eigenvalue weighted by molar-refractivity contribution is -0.125. The van der Waals surface area contributed by atoms with Gasteiger partial charge >= 0.3 is 4.87 Å². The van der Waals surface area contributed by atoms with Crippen LogP contribution in [0.4, 0.5) is 0 Å². The Morgan fingerprint density at radius 2 is 1.72 bits per heavy atom. The van der Waals surface area contributed by atoms with E-state index in [9.17, 15) is 14.4 Å². The van der Waals surface area contributed by atoms with E-state index in [1.807, 2.05) is 72.4 Å². The van der Waals surface area contributed by atoms with E-state index in [1.54, 1.807) is 4.57 Å². The second-order valence-corrected chi connectivity index (χ2v) is 10.3. The molecule has 2 amide bonds. The van der Waals surface area contributed by atoms with E-state index < -0.39 is 11.2 Å². The third-order valence-electron chi connectivity index (χ3n) is 6.33. The molecule has 8 heteroatoms. The van der Waals surface area contributed by atoms with E-state index in [-0.39, 0.29) is 22.6 Å². The summed E-state index contributed by atoms with van der Waals surface area (Å²) in [5.41, 5.74) is 3.06.